The van der Waals surface area contributed by atoms with Crippen LogP contribution in [0.1, 0.15) is 26.2 Å². The molecule has 84 valence electrons. The molecule has 0 aromatic heterocycles. The monoisotopic (exact) mass is 215 g/mol. The van der Waals surface area contributed by atoms with E-state index in [0.717, 1.165) is 12.8 Å². The number of rotatable bonds is 4. The molecule has 1 fully saturated rings. The Morgan fingerprint density at radius 1 is 1.60 bits per heavy atom. The van der Waals surface area contributed by atoms with Gasteiger partial charge in [-0.15, -0.1) is 0 Å². The van der Waals surface area contributed by atoms with Gasteiger partial charge in [0.05, 0.1) is 13.0 Å². The van der Waals surface area contributed by atoms with E-state index in [1.54, 1.807) is 0 Å². The summed E-state index contributed by atoms with van der Waals surface area (Å²) >= 11 is 0. The molecule has 0 unspecified atom stereocenters. The number of ether oxygens (including phenoxy) is 2. The smallest absolute Gasteiger partial charge is 0.407 e. The summed E-state index contributed by atoms with van der Waals surface area (Å²) in [6.45, 7) is 2.27. The first-order chi connectivity index (χ1) is 7.13. The fourth-order valence-corrected chi connectivity index (χ4v) is 1.08. The van der Waals surface area contributed by atoms with Crippen molar-refractivity contribution < 1.29 is 23.9 Å². The predicted octanol–water partition coefficient (Wildman–Crippen LogP) is 0.355. The lowest BCUT2D eigenvalue weighted by Crippen LogP contribution is -2.38. The van der Waals surface area contributed by atoms with Gasteiger partial charge in [0, 0.05) is 0 Å². The molecule has 1 aliphatic rings. The third kappa shape index (κ3) is 3.57. The van der Waals surface area contributed by atoms with Crippen molar-refractivity contribution >= 4 is 18.0 Å². The molecule has 6 heteroatoms. The minimum Gasteiger partial charge on any atom is -0.450 e. The number of hydrogen-bond donors (Lipinski definition) is 1. The van der Waals surface area contributed by atoms with Gasteiger partial charge in [-0.05, 0) is 6.42 Å². The van der Waals surface area contributed by atoms with Gasteiger partial charge in [-0.1, -0.05) is 13.3 Å². The van der Waals surface area contributed by atoms with Gasteiger partial charge in [0.15, 0.2) is 0 Å². The summed E-state index contributed by atoms with van der Waals surface area (Å²) in [7, 11) is 0. The number of carbonyl (C=O) groups is 3. The van der Waals surface area contributed by atoms with Gasteiger partial charge in [-0.3, -0.25) is 4.79 Å². The molecule has 6 nitrogen and oxygen atoms in total. The minimum atomic E-state index is -0.897. The van der Waals surface area contributed by atoms with Crippen LogP contribution in [0, 0.1) is 0 Å². The molecule has 1 aliphatic heterocycles. The molecular weight excluding hydrogens is 202 g/mol. The zero-order chi connectivity index (χ0) is 11.3. The lowest BCUT2D eigenvalue weighted by molar-refractivity contribution is -0.152. The standard InChI is InChI=1S/C9H13NO5/c1-2-3-4-14-9(13)10-6-5-7(11)15-8(6)12/h6H,2-5H2,1H3,(H,10,13)/t6-/m1/s1. The number of nitrogens with one attached hydrogen (secondary N) is 1. The second-order valence-electron chi connectivity index (χ2n) is 3.18. The number of alkyl carbamates (subject to hydrolysis) is 1. The fraction of sp³-hybridized carbons (Fsp3) is 0.667. The number of carbonyl (C=O) groups excluding carboxylic acids is 3. The van der Waals surface area contributed by atoms with Crippen LogP contribution in [0.25, 0.3) is 0 Å². The van der Waals surface area contributed by atoms with E-state index < -0.39 is 24.1 Å². The van der Waals surface area contributed by atoms with Crippen molar-refractivity contribution in [1.29, 1.82) is 0 Å². The van der Waals surface area contributed by atoms with Gasteiger partial charge in [0.2, 0.25) is 0 Å². The van der Waals surface area contributed by atoms with Gasteiger partial charge in [-0.2, -0.15) is 0 Å². The quantitative estimate of drug-likeness (QED) is 0.416. The third-order valence-electron chi connectivity index (χ3n) is 1.89. The highest BCUT2D eigenvalue weighted by Gasteiger charge is 2.34. The van der Waals surface area contributed by atoms with E-state index in [0.29, 0.717) is 6.61 Å². The van der Waals surface area contributed by atoms with E-state index in [-0.39, 0.29) is 6.42 Å². The minimum absolute atomic E-state index is 0.123. The first-order valence-electron chi connectivity index (χ1n) is 4.81. The molecule has 1 N–H and O–H groups in total. The summed E-state index contributed by atoms with van der Waals surface area (Å²) in [6.07, 6.45) is 0.862. The summed E-state index contributed by atoms with van der Waals surface area (Å²) in [6, 6.07) is -0.897. The van der Waals surface area contributed by atoms with Gasteiger partial charge >= 0.3 is 18.0 Å². The molecule has 0 aromatic rings. The zero-order valence-corrected chi connectivity index (χ0v) is 8.45. The maximum Gasteiger partial charge on any atom is 0.407 e. The Morgan fingerprint density at radius 3 is 2.87 bits per heavy atom. The summed E-state index contributed by atoms with van der Waals surface area (Å²) in [4.78, 5) is 32.7. The van der Waals surface area contributed by atoms with E-state index in [4.69, 9.17) is 4.74 Å². The average Bonchev–Trinajstić information content (AvgIpc) is 2.45. The molecule has 0 bridgehead atoms. The van der Waals surface area contributed by atoms with Crippen LogP contribution < -0.4 is 5.32 Å². The van der Waals surface area contributed by atoms with Crippen molar-refractivity contribution in [2.45, 2.75) is 32.2 Å². The average molecular weight is 215 g/mol. The lowest BCUT2D eigenvalue weighted by Gasteiger charge is -2.08. The molecule has 1 rings (SSSR count). The molecule has 0 spiro atoms. The molecule has 0 aromatic carbocycles. The predicted molar refractivity (Wildman–Crippen MR) is 48.9 cm³/mol. The molecule has 1 saturated heterocycles. The van der Waals surface area contributed by atoms with Crippen LogP contribution in [-0.4, -0.2) is 30.7 Å². The Balaban J connectivity index is 2.26. The highest BCUT2D eigenvalue weighted by molar-refractivity contribution is 5.98. The SMILES string of the molecule is CCCCOC(=O)N[C@@H]1CC(=O)OC1=O. The highest BCUT2D eigenvalue weighted by atomic mass is 16.6. The topological polar surface area (TPSA) is 81.7 Å². The van der Waals surface area contributed by atoms with Gasteiger partial charge in [0.1, 0.15) is 6.04 Å². The molecule has 1 amide bonds. The summed E-state index contributed by atoms with van der Waals surface area (Å²) in [5.41, 5.74) is 0. The molecule has 0 saturated carbocycles. The Bertz CT molecular complexity index is 276. The normalized spacial score (nSPS) is 19.9. The Labute approximate surface area is 86.9 Å². The lowest BCUT2D eigenvalue weighted by atomic mass is 10.2. The molecule has 0 radical (unpaired) electrons. The van der Waals surface area contributed by atoms with Crippen molar-refractivity contribution in [3.63, 3.8) is 0 Å². The van der Waals surface area contributed by atoms with E-state index in [2.05, 4.69) is 10.1 Å². The molecule has 15 heavy (non-hydrogen) atoms. The Hall–Kier alpha value is -1.59. The number of esters is 2. The summed E-state index contributed by atoms with van der Waals surface area (Å²) < 4.78 is 9.01. The van der Waals surface area contributed by atoms with Crippen LogP contribution in [0.4, 0.5) is 4.79 Å². The molecule has 1 atom stereocenters. The van der Waals surface area contributed by atoms with Gasteiger partial charge in [-0.25, -0.2) is 9.59 Å². The second kappa shape index (κ2) is 5.33. The highest BCUT2D eigenvalue weighted by Crippen LogP contribution is 2.07. The third-order valence-corrected chi connectivity index (χ3v) is 1.89. The Morgan fingerprint density at radius 2 is 2.33 bits per heavy atom. The Kier molecular flexibility index (Phi) is 4.08. The van der Waals surface area contributed by atoms with E-state index in [1.807, 2.05) is 6.92 Å². The molecule has 0 aliphatic carbocycles. The van der Waals surface area contributed by atoms with Crippen molar-refractivity contribution in [2.24, 2.45) is 0 Å². The number of amides is 1. The van der Waals surface area contributed by atoms with Crippen LogP contribution >= 0.6 is 0 Å². The zero-order valence-electron chi connectivity index (χ0n) is 8.45. The largest absolute Gasteiger partial charge is 0.450 e. The summed E-state index contributed by atoms with van der Waals surface area (Å²) in [5.74, 6) is -1.36. The number of unbranched alkanes of at least 4 members (excludes halogenated alkanes) is 1. The van der Waals surface area contributed by atoms with Crippen LogP contribution in [0.2, 0.25) is 0 Å². The first kappa shape index (κ1) is 11.5. The van der Waals surface area contributed by atoms with Gasteiger partial charge < -0.3 is 14.8 Å². The number of hydrogen-bond acceptors (Lipinski definition) is 5. The van der Waals surface area contributed by atoms with Crippen molar-refractivity contribution in [3.8, 4) is 0 Å². The van der Waals surface area contributed by atoms with Crippen molar-refractivity contribution in [2.75, 3.05) is 6.61 Å². The molecule has 1 heterocycles. The van der Waals surface area contributed by atoms with E-state index in [1.165, 1.54) is 0 Å². The molecular formula is C9H13NO5. The van der Waals surface area contributed by atoms with Crippen LogP contribution in [0.3, 0.4) is 0 Å². The maximum atomic E-state index is 11.1. The second-order valence-corrected chi connectivity index (χ2v) is 3.18. The van der Waals surface area contributed by atoms with E-state index in [9.17, 15) is 14.4 Å². The number of cyclic esters (lactones) is 2. The van der Waals surface area contributed by atoms with Crippen LogP contribution in [0.15, 0.2) is 0 Å². The maximum absolute atomic E-state index is 11.1. The van der Waals surface area contributed by atoms with Crippen LogP contribution in [-0.2, 0) is 19.1 Å². The first-order valence-corrected chi connectivity index (χ1v) is 4.81. The van der Waals surface area contributed by atoms with E-state index >= 15 is 0 Å². The van der Waals surface area contributed by atoms with Crippen LogP contribution in [0.5, 0.6) is 0 Å². The summed E-state index contributed by atoms with van der Waals surface area (Å²) in [5, 5.41) is 2.26. The van der Waals surface area contributed by atoms with Crippen molar-refractivity contribution in [1.82, 2.24) is 5.32 Å². The fourth-order valence-electron chi connectivity index (χ4n) is 1.08. The van der Waals surface area contributed by atoms with Crippen molar-refractivity contribution in [3.05, 3.63) is 0 Å². The van der Waals surface area contributed by atoms with Gasteiger partial charge in [0.25, 0.3) is 0 Å².